The van der Waals surface area contributed by atoms with Crippen molar-refractivity contribution in [2.24, 2.45) is 0 Å². The largest absolute Gasteiger partial charge is 0.411 e. The van der Waals surface area contributed by atoms with Crippen LogP contribution in [-0.4, -0.2) is 24.2 Å². The molecule has 2 rings (SSSR count). The molecule has 0 saturated heterocycles. The number of nitrogens with one attached hydrogen (secondary N) is 2. The van der Waals surface area contributed by atoms with Gasteiger partial charge in [-0.25, -0.2) is 0 Å². The Labute approximate surface area is 173 Å². The highest BCUT2D eigenvalue weighted by atomic mass is 19.4. The summed E-state index contributed by atoms with van der Waals surface area (Å²) in [5.41, 5.74) is -6.54. The summed E-state index contributed by atoms with van der Waals surface area (Å²) < 4.78 is 84.5. The van der Waals surface area contributed by atoms with Crippen molar-refractivity contribution in [2.75, 3.05) is 10.6 Å². The molecular weight excluding hydrogens is 426 g/mol. The average Bonchev–Trinajstić information content (AvgIpc) is 2.68. The van der Waals surface area contributed by atoms with Crippen molar-refractivity contribution in [3.8, 4) is 0 Å². The molecule has 4 nitrogen and oxygen atoms in total. The SMILES string of the molecule is C=CC(=O)Nc1ccc(C(c2ccc(NC(=O)C=C)cc2)(C(F)(F)F)C(F)(F)F)cc1. The Kier molecular flexibility index (Phi) is 6.63. The van der Waals surface area contributed by atoms with Gasteiger partial charge in [-0.1, -0.05) is 37.4 Å². The van der Waals surface area contributed by atoms with Gasteiger partial charge in [0.15, 0.2) is 0 Å². The zero-order valence-corrected chi connectivity index (χ0v) is 15.8. The van der Waals surface area contributed by atoms with E-state index in [1.165, 1.54) is 0 Å². The van der Waals surface area contributed by atoms with E-state index in [9.17, 15) is 35.9 Å². The smallest absolute Gasteiger partial charge is 0.323 e. The lowest BCUT2D eigenvalue weighted by molar-refractivity contribution is -0.288. The minimum atomic E-state index is -5.76. The molecule has 0 aliphatic carbocycles. The van der Waals surface area contributed by atoms with E-state index in [0.29, 0.717) is 24.3 Å². The fourth-order valence-electron chi connectivity index (χ4n) is 2.98. The van der Waals surface area contributed by atoms with E-state index < -0.39 is 40.7 Å². The number of amides is 2. The summed E-state index contributed by atoms with van der Waals surface area (Å²) in [7, 11) is 0. The van der Waals surface area contributed by atoms with Gasteiger partial charge in [-0.15, -0.1) is 0 Å². The van der Waals surface area contributed by atoms with Crippen molar-refractivity contribution in [2.45, 2.75) is 17.8 Å². The van der Waals surface area contributed by atoms with Crippen molar-refractivity contribution < 1.29 is 35.9 Å². The second kappa shape index (κ2) is 8.66. The Bertz CT molecular complexity index is 895. The molecule has 0 aliphatic heterocycles. The zero-order valence-electron chi connectivity index (χ0n) is 15.8. The van der Waals surface area contributed by atoms with Crippen molar-refractivity contribution in [1.29, 1.82) is 0 Å². The van der Waals surface area contributed by atoms with E-state index in [1.54, 1.807) is 0 Å². The Morgan fingerprint density at radius 1 is 0.645 bits per heavy atom. The first-order valence-electron chi connectivity index (χ1n) is 8.58. The van der Waals surface area contributed by atoms with Crippen LogP contribution >= 0.6 is 0 Å². The lowest BCUT2D eigenvalue weighted by Crippen LogP contribution is -2.54. The summed E-state index contributed by atoms with van der Waals surface area (Å²) >= 11 is 0. The number of carbonyl (C=O) groups excluding carboxylic acids is 2. The maximum Gasteiger partial charge on any atom is 0.411 e. The van der Waals surface area contributed by atoms with Crippen molar-refractivity contribution in [1.82, 2.24) is 0 Å². The third-order valence-corrected chi connectivity index (χ3v) is 4.39. The Morgan fingerprint density at radius 3 is 1.16 bits per heavy atom. The van der Waals surface area contributed by atoms with Gasteiger partial charge in [0.2, 0.25) is 17.2 Å². The normalized spacial score (nSPS) is 12.1. The van der Waals surface area contributed by atoms with Crippen LogP contribution < -0.4 is 10.6 Å². The zero-order chi connectivity index (χ0) is 23.4. The lowest BCUT2D eigenvalue weighted by atomic mass is 9.73. The number of benzene rings is 2. The molecule has 0 radical (unpaired) electrons. The third-order valence-electron chi connectivity index (χ3n) is 4.39. The van der Waals surface area contributed by atoms with Crippen LogP contribution in [0, 0.1) is 0 Å². The van der Waals surface area contributed by atoms with Gasteiger partial charge in [0.05, 0.1) is 0 Å². The number of hydrogen-bond acceptors (Lipinski definition) is 2. The lowest BCUT2D eigenvalue weighted by Gasteiger charge is -2.38. The van der Waals surface area contributed by atoms with Gasteiger partial charge in [-0.2, -0.15) is 26.3 Å². The highest BCUT2D eigenvalue weighted by molar-refractivity contribution is 5.99. The molecule has 2 amide bonds. The van der Waals surface area contributed by atoms with Crippen LogP contribution in [0.25, 0.3) is 0 Å². The summed E-state index contributed by atoms with van der Waals surface area (Å²) in [5, 5.41) is 4.50. The van der Waals surface area contributed by atoms with E-state index in [2.05, 4.69) is 23.8 Å². The van der Waals surface area contributed by atoms with Gasteiger partial charge < -0.3 is 10.6 Å². The van der Waals surface area contributed by atoms with Gasteiger partial charge in [0, 0.05) is 11.4 Å². The summed E-state index contributed by atoms with van der Waals surface area (Å²) in [6.07, 6.45) is -9.72. The molecule has 0 spiro atoms. The maximum absolute atomic E-state index is 14.1. The molecule has 0 unspecified atom stereocenters. The number of halogens is 6. The van der Waals surface area contributed by atoms with Gasteiger partial charge in [-0.05, 0) is 47.5 Å². The van der Waals surface area contributed by atoms with Gasteiger partial charge >= 0.3 is 12.4 Å². The van der Waals surface area contributed by atoms with Crippen LogP contribution in [0.1, 0.15) is 11.1 Å². The molecule has 0 saturated carbocycles. The number of carbonyl (C=O) groups is 2. The average molecular weight is 442 g/mol. The number of alkyl halides is 6. The standard InChI is InChI=1S/C21H16F6N2O2/c1-3-17(30)28-15-9-5-13(6-10-15)19(20(22,23)24,21(25,26)27)14-7-11-16(12-8-14)29-18(31)4-2/h3-12H,1-2H2,(H,28,30)(H,29,31). The van der Waals surface area contributed by atoms with Gasteiger partial charge in [0.1, 0.15) is 0 Å². The Hall–Kier alpha value is -3.56. The van der Waals surface area contributed by atoms with Crippen LogP contribution in [0.2, 0.25) is 0 Å². The number of anilines is 2. The fraction of sp³-hybridized carbons (Fsp3) is 0.143. The molecule has 0 aromatic heterocycles. The minimum Gasteiger partial charge on any atom is -0.323 e. The van der Waals surface area contributed by atoms with Crippen LogP contribution in [0.3, 0.4) is 0 Å². The molecule has 2 aromatic rings. The molecule has 0 fully saturated rings. The summed E-state index contributed by atoms with van der Waals surface area (Å²) in [6, 6.07) is 6.31. The fourth-order valence-corrected chi connectivity index (χ4v) is 2.98. The van der Waals surface area contributed by atoms with Gasteiger partial charge in [-0.3, -0.25) is 9.59 Å². The summed E-state index contributed by atoms with van der Waals surface area (Å²) in [6.45, 7) is 6.41. The molecule has 31 heavy (non-hydrogen) atoms. The van der Waals surface area contributed by atoms with E-state index in [0.717, 1.165) is 36.4 Å². The number of hydrogen-bond donors (Lipinski definition) is 2. The Balaban J connectivity index is 2.65. The first kappa shape index (κ1) is 23.7. The van der Waals surface area contributed by atoms with Crippen molar-refractivity contribution in [3.05, 3.63) is 85.0 Å². The second-order valence-electron chi connectivity index (χ2n) is 6.29. The minimum absolute atomic E-state index is 0.00520. The summed E-state index contributed by atoms with van der Waals surface area (Å²) in [4.78, 5) is 22.6. The molecular formula is C21H16F6N2O2. The van der Waals surface area contributed by atoms with E-state index in [1.807, 2.05) is 0 Å². The first-order chi connectivity index (χ1) is 14.4. The molecule has 0 atom stereocenters. The van der Waals surface area contributed by atoms with Crippen molar-refractivity contribution >= 4 is 23.2 Å². The summed E-state index contributed by atoms with van der Waals surface area (Å²) in [5.74, 6) is -1.36. The molecule has 0 heterocycles. The number of rotatable bonds is 6. The van der Waals surface area contributed by atoms with Crippen LogP contribution in [-0.2, 0) is 15.0 Å². The molecule has 2 aromatic carbocycles. The van der Waals surface area contributed by atoms with E-state index in [4.69, 9.17) is 0 Å². The quantitative estimate of drug-likeness (QED) is 0.468. The highest BCUT2D eigenvalue weighted by Crippen LogP contribution is 2.56. The molecule has 2 N–H and O–H groups in total. The third kappa shape index (κ3) is 4.62. The van der Waals surface area contributed by atoms with Gasteiger partial charge in [0.25, 0.3) is 0 Å². The molecule has 164 valence electrons. The van der Waals surface area contributed by atoms with E-state index in [-0.39, 0.29) is 11.4 Å². The maximum atomic E-state index is 14.1. The van der Waals surface area contributed by atoms with Crippen LogP contribution in [0.5, 0.6) is 0 Å². The van der Waals surface area contributed by atoms with Crippen molar-refractivity contribution in [3.63, 3.8) is 0 Å². The monoisotopic (exact) mass is 442 g/mol. The predicted octanol–water partition coefficient (Wildman–Crippen LogP) is 5.35. The predicted molar refractivity (Wildman–Crippen MR) is 103 cm³/mol. The Morgan fingerprint density at radius 2 is 0.935 bits per heavy atom. The topological polar surface area (TPSA) is 58.2 Å². The van der Waals surface area contributed by atoms with Crippen LogP contribution in [0.4, 0.5) is 37.7 Å². The molecule has 0 bridgehead atoms. The van der Waals surface area contributed by atoms with Crippen LogP contribution in [0.15, 0.2) is 73.8 Å². The molecule has 0 aliphatic rings. The highest BCUT2D eigenvalue weighted by Gasteiger charge is 2.72. The van der Waals surface area contributed by atoms with E-state index >= 15 is 0 Å². The second-order valence-corrected chi connectivity index (χ2v) is 6.29. The molecule has 10 heteroatoms. The first-order valence-corrected chi connectivity index (χ1v) is 8.58.